The second kappa shape index (κ2) is 7.51. The van der Waals surface area contributed by atoms with Gasteiger partial charge < -0.3 is 15.2 Å². The molecule has 1 unspecified atom stereocenters. The quantitative estimate of drug-likeness (QED) is 0.758. The van der Waals surface area contributed by atoms with E-state index in [-0.39, 0.29) is 18.1 Å². The van der Waals surface area contributed by atoms with Crippen LogP contribution in [0, 0.1) is 5.41 Å². The highest BCUT2D eigenvalue weighted by Gasteiger charge is 2.17. The third-order valence-corrected chi connectivity index (χ3v) is 3.17. The van der Waals surface area contributed by atoms with Gasteiger partial charge in [0.2, 0.25) is 0 Å². The van der Waals surface area contributed by atoms with E-state index in [2.05, 4.69) is 45.1 Å². The predicted molar refractivity (Wildman–Crippen MR) is 79.5 cm³/mol. The summed E-state index contributed by atoms with van der Waals surface area (Å²) in [7, 11) is 0. The maximum atomic E-state index is 9.24. The fraction of sp³-hybridized carbons (Fsp3) is 0.625. The summed E-state index contributed by atoms with van der Waals surface area (Å²) in [4.78, 5) is 0. The first kappa shape index (κ1) is 16.0. The summed E-state index contributed by atoms with van der Waals surface area (Å²) in [5, 5.41) is 12.7. The first-order chi connectivity index (χ1) is 8.98. The Hall–Kier alpha value is -1.06. The van der Waals surface area contributed by atoms with E-state index in [4.69, 9.17) is 4.74 Å². The number of rotatable bonds is 8. The van der Waals surface area contributed by atoms with Crippen LogP contribution in [0.15, 0.2) is 24.3 Å². The van der Waals surface area contributed by atoms with Crippen molar-refractivity contribution in [2.45, 2.75) is 40.2 Å². The molecule has 3 heteroatoms. The summed E-state index contributed by atoms with van der Waals surface area (Å²) < 4.78 is 5.57. The van der Waals surface area contributed by atoms with E-state index in [9.17, 15) is 5.11 Å². The van der Waals surface area contributed by atoms with Gasteiger partial charge in [0.25, 0.3) is 0 Å². The molecule has 0 radical (unpaired) electrons. The van der Waals surface area contributed by atoms with Crippen molar-refractivity contribution in [1.82, 2.24) is 5.32 Å². The van der Waals surface area contributed by atoms with Crippen molar-refractivity contribution in [2.24, 2.45) is 5.41 Å². The Labute approximate surface area is 117 Å². The van der Waals surface area contributed by atoms with Crippen LogP contribution in [0.3, 0.4) is 0 Å². The second-order valence-electron chi connectivity index (χ2n) is 5.84. The van der Waals surface area contributed by atoms with Gasteiger partial charge >= 0.3 is 0 Å². The number of aliphatic hydroxyl groups excluding tert-OH is 1. The lowest BCUT2D eigenvalue weighted by molar-refractivity contribution is 0.154. The minimum absolute atomic E-state index is 0.0849. The lowest BCUT2D eigenvalue weighted by atomic mass is 9.94. The van der Waals surface area contributed by atoms with Gasteiger partial charge in [0, 0.05) is 24.6 Å². The highest BCUT2D eigenvalue weighted by atomic mass is 16.5. The molecule has 0 spiro atoms. The number of aliphatic hydroxyl groups is 1. The lowest BCUT2D eigenvalue weighted by Gasteiger charge is -2.25. The average Bonchev–Trinajstić information content (AvgIpc) is 2.43. The van der Waals surface area contributed by atoms with Crippen molar-refractivity contribution in [1.29, 1.82) is 0 Å². The van der Waals surface area contributed by atoms with Crippen molar-refractivity contribution < 1.29 is 9.84 Å². The zero-order valence-electron chi connectivity index (χ0n) is 12.6. The smallest absolute Gasteiger partial charge is 0.119 e. The largest absolute Gasteiger partial charge is 0.494 e. The van der Waals surface area contributed by atoms with Gasteiger partial charge in [-0.2, -0.15) is 0 Å². The van der Waals surface area contributed by atoms with Crippen LogP contribution in [0.1, 0.15) is 45.7 Å². The number of hydrogen-bond acceptors (Lipinski definition) is 3. The van der Waals surface area contributed by atoms with Gasteiger partial charge in [0.05, 0.1) is 6.61 Å². The fourth-order valence-corrected chi connectivity index (χ4v) is 1.68. The lowest BCUT2D eigenvalue weighted by Crippen LogP contribution is -2.33. The maximum absolute atomic E-state index is 9.24. The molecule has 0 heterocycles. The molecule has 1 aromatic rings. The Morgan fingerprint density at radius 2 is 1.89 bits per heavy atom. The first-order valence-electron chi connectivity index (χ1n) is 7.05. The van der Waals surface area contributed by atoms with E-state index in [1.165, 1.54) is 5.56 Å². The summed E-state index contributed by atoms with van der Waals surface area (Å²) in [6, 6.07) is 8.48. The van der Waals surface area contributed by atoms with Crippen LogP contribution in [-0.2, 0) is 0 Å². The van der Waals surface area contributed by atoms with Gasteiger partial charge in [-0.1, -0.05) is 32.9 Å². The van der Waals surface area contributed by atoms with E-state index < -0.39 is 0 Å². The molecule has 0 aliphatic carbocycles. The molecule has 19 heavy (non-hydrogen) atoms. The maximum Gasteiger partial charge on any atom is 0.119 e. The molecule has 0 aliphatic rings. The summed E-state index contributed by atoms with van der Waals surface area (Å²) in [5.41, 5.74) is 1.15. The average molecular weight is 265 g/mol. The molecular formula is C16H27NO2. The molecule has 1 rings (SSSR count). The minimum Gasteiger partial charge on any atom is -0.494 e. The zero-order chi connectivity index (χ0) is 14.3. The molecule has 3 nitrogen and oxygen atoms in total. The van der Waals surface area contributed by atoms with Crippen LogP contribution < -0.4 is 10.1 Å². The van der Waals surface area contributed by atoms with Crippen LogP contribution in [0.4, 0.5) is 0 Å². The molecule has 0 bridgehead atoms. The molecule has 2 N–H and O–H groups in total. The molecule has 0 saturated carbocycles. The highest BCUT2D eigenvalue weighted by Crippen LogP contribution is 2.19. The summed E-state index contributed by atoms with van der Waals surface area (Å²) in [6.07, 6.45) is 1.02. The van der Waals surface area contributed by atoms with E-state index >= 15 is 0 Å². The summed E-state index contributed by atoms with van der Waals surface area (Å²) in [5.74, 6) is 0.925. The topological polar surface area (TPSA) is 41.5 Å². The van der Waals surface area contributed by atoms with Gasteiger partial charge in [0.15, 0.2) is 0 Å². The van der Waals surface area contributed by atoms with Crippen molar-refractivity contribution in [3.63, 3.8) is 0 Å². The number of ether oxygens (including phenoxy) is 1. The Morgan fingerprint density at radius 3 is 2.42 bits per heavy atom. The molecule has 1 atom stereocenters. The zero-order valence-corrected chi connectivity index (χ0v) is 12.6. The Kier molecular flexibility index (Phi) is 6.32. The van der Waals surface area contributed by atoms with E-state index in [0.29, 0.717) is 0 Å². The Balaban J connectivity index is 2.50. The summed E-state index contributed by atoms with van der Waals surface area (Å²) >= 11 is 0. The normalized spacial score (nSPS) is 13.3. The molecule has 0 amide bonds. The predicted octanol–water partition coefficient (Wildman–Crippen LogP) is 3.14. The van der Waals surface area contributed by atoms with Gasteiger partial charge in [-0.25, -0.2) is 0 Å². The number of hydrogen-bond donors (Lipinski definition) is 2. The van der Waals surface area contributed by atoms with Crippen molar-refractivity contribution in [3.8, 4) is 5.75 Å². The van der Waals surface area contributed by atoms with Gasteiger partial charge in [-0.15, -0.1) is 0 Å². The van der Waals surface area contributed by atoms with Crippen LogP contribution in [0.5, 0.6) is 5.75 Å². The number of nitrogens with one attached hydrogen (secondary N) is 1. The van der Waals surface area contributed by atoms with Gasteiger partial charge in [0.1, 0.15) is 5.75 Å². The molecule has 108 valence electrons. The number of benzene rings is 1. The second-order valence-corrected chi connectivity index (χ2v) is 5.84. The van der Waals surface area contributed by atoms with E-state index in [1.807, 2.05) is 12.1 Å². The van der Waals surface area contributed by atoms with Crippen LogP contribution in [0.25, 0.3) is 0 Å². The first-order valence-corrected chi connectivity index (χ1v) is 7.05. The molecule has 0 saturated heterocycles. The van der Waals surface area contributed by atoms with Gasteiger partial charge in [-0.3, -0.25) is 0 Å². The molecule has 1 aromatic carbocycles. The van der Waals surface area contributed by atoms with Crippen LogP contribution in [-0.4, -0.2) is 24.9 Å². The molecule has 0 aromatic heterocycles. The standard InChI is InChI=1S/C16H27NO2/c1-5-10-19-15-8-6-14(7-9-15)13(2)17-11-16(3,4)12-18/h6-9,13,17-18H,5,10-12H2,1-4H3. The van der Waals surface area contributed by atoms with Gasteiger partial charge in [-0.05, 0) is 31.0 Å². The molecule has 0 fully saturated rings. The highest BCUT2D eigenvalue weighted by molar-refractivity contribution is 5.28. The Morgan fingerprint density at radius 1 is 1.26 bits per heavy atom. The third-order valence-electron chi connectivity index (χ3n) is 3.17. The van der Waals surface area contributed by atoms with Crippen LogP contribution >= 0.6 is 0 Å². The van der Waals surface area contributed by atoms with Crippen molar-refractivity contribution in [2.75, 3.05) is 19.8 Å². The van der Waals surface area contributed by atoms with Crippen LogP contribution in [0.2, 0.25) is 0 Å². The third kappa shape index (κ3) is 5.62. The summed E-state index contributed by atoms with van der Waals surface area (Å²) in [6.45, 7) is 10.1. The van der Waals surface area contributed by atoms with E-state index in [0.717, 1.165) is 25.3 Å². The minimum atomic E-state index is -0.0849. The van der Waals surface area contributed by atoms with Crippen molar-refractivity contribution in [3.05, 3.63) is 29.8 Å². The Bertz CT molecular complexity index is 360. The monoisotopic (exact) mass is 265 g/mol. The fourth-order valence-electron chi connectivity index (χ4n) is 1.68. The van der Waals surface area contributed by atoms with Crippen molar-refractivity contribution >= 4 is 0 Å². The SMILES string of the molecule is CCCOc1ccc(C(C)NCC(C)(C)CO)cc1. The molecule has 0 aliphatic heterocycles. The molecular weight excluding hydrogens is 238 g/mol. The van der Waals surface area contributed by atoms with E-state index in [1.54, 1.807) is 0 Å².